The minimum atomic E-state index is 0.181. The van der Waals surface area contributed by atoms with Gasteiger partial charge in [0.25, 0.3) is 0 Å². The predicted octanol–water partition coefficient (Wildman–Crippen LogP) is 4.99. The summed E-state index contributed by atoms with van der Waals surface area (Å²) >= 11 is 5.01. The normalized spacial score (nSPS) is 10.4. The molecule has 0 N–H and O–H groups in total. The van der Waals surface area contributed by atoms with E-state index in [2.05, 4.69) is 28.9 Å². The SMILES string of the molecule is CCc1cccc(C(=O)CSc2cccc(Br)c2)c1. The van der Waals surface area contributed by atoms with E-state index < -0.39 is 0 Å². The highest BCUT2D eigenvalue weighted by atomic mass is 79.9. The summed E-state index contributed by atoms with van der Waals surface area (Å²) in [6.45, 7) is 2.10. The first-order chi connectivity index (χ1) is 9.19. The fraction of sp³-hybridized carbons (Fsp3) is 0.188. The summed E-state index contributed by atoms with van der Waals surface area (Å²) < 4.78 is 1.04. The van der Waals surface area contributed by atoms with E-state index in [0.717, 1.165) is 21.4 Å². The average Bonchev–Trinajstić information content (AvgIpc) is 2.45. The summed E-state index contributed by atoms with van der Waals surface area (Å²) in [5.74, 6) is 0.657. The average molecular weight is 335 g/mol. The number of aryl methyl sites for hydroxylation is 1. The first kappa shape index (κ1) is 14.4. The number of benzene rings is 2. The zero-order chi connectivity index (χ0) is 13.7. The molecule has 0 heterocycles. The molecule has 0 unspecified atom stereocenters. The van der Waals surface area contributed by atoms with Gasteiger partial charge in [0.2, 0.25) is 0 Å². The van der Waals surface area contributed by atoms with Crippen molar-refractivity contribution in [1.29, 1.82) is 0 Å². The van der Waals surface area contributed by atoms with Gasteiger partial charge in [0.15, 0.2) is 5.78 Å². The zero-order valence-corrected chi connectivity index (χ0v) is 13.1. The van der Waals surface area contributed by atoms with Crippen LogP contribution in [0.15, 0.2) is 57.9 Å². The van der Waals surface area contributed by atoms with Gasteiger partial charge >= 0.3 is 0 Å². The zero-order valence-electron chi connectivity index (χ0n) is 10.7. The molecule has 2 aromatic rings. The van der Waals surface area contributed by atoms with Crippen LogP contribution >= 0.6 is 27.7 Å². The number of ketones is 1. The lowest BCUT2D eigenvalue weighted by molar-refractivity contribution is 0.102. The summed E-state index contributed by atoms with van der Waals surface area (Å²) in [4.78, 5) is 13.2. The second-order valence-corrected chi connectivity index (χ2v) is 6.19. The standard InChI is InChI=1S/C16H15BrOS/c1-2-12-5-3-6-13(9-12)16(18)11-19-15-8-4-7-14(17)10-15/h3-10H,2,11H2,1H3. The summed E-state index contributed by atoms with van der Waals surface area (Å²) in [5.41, 5.74) is 2.01. The lowest BCUT2D eigenvalue weighted by atomic mass is 10.1. The van der Waals surface area contributed by atoms with Crippen LogP contribution in [0.5, 0.6) is 0 Å². The highest BCUT2D eigenvalue weighted by Crippen LogP contribution is 2.23. The number of hydrogen-bond acceptors (Lipinski definition) is 2. The second kappa shape index (κ2) is 6.92. The van der Waals surface area contributed by atoms with Gasteiger partial charge in [-0.2, -0.15) is 0 Å². The fourth-order valence-corrected chi connectivity index (χ4v) is 3.15. The maximum atomic E-state index is 12.1. The van der Waals surface area contributed by atoms with Gasteiger partial charge in [-0.3, -0.25) is 4.79 Å². The molecule has 19 heavy (non-hydrogen) atoms. The molecule has 98 valence electrons. The highest BCUT2D eigenvalue weighted by molar-refractivity contribution is 9.10. The van der Waals surface area contributed by atoms with Crippen molar-refractivity contribution in [2.75, 3.05) is 5.75 Å². The molecule has 0 aromatic heterocycles. The van der Waals surface area contributed by atoms with Crippen molar-refractivity contribution in [1.82, 2.24) is 0 Å². The third kappa shape index (κ3) is 4.22. The minimum Gasteiger partial charge on any atom is -0.293 e. The van der Waals surface area contributed by atoms with Gasteiger partial charge in [-0.25, -0.2) is 0 Å². The Bertz CT molecular complexity index is 580. The van der Waals surface area contributed by atoms with Gasteiger partial charge in [-0.05, 0) is 36.2 Å². The molecule has 3 heteroatoms. The van der Waals surface area contributed by atoms with Crippen LogP contribution in [0, 0.1) is 0 Å². The number of rotatable bonds is 5. The monoisotopic (exact) mass is 334 g/mol. The summed E-state index contributed by atoms with van der Waals surface area (Å²) in [7, 11) is 0. The number of halogens is 1. The molecule has 0 amide bonds. The van der Waals surface area contributed by atoms with Gasteiger partial charge in [-0.1, -0.05) is 47.1 Å². The molecule has 0 bridgehead atoms. The molecular weight excluding hydrogens is 320 g/mol. The Kier molecular flexibility index (Phi) is 5.23. The lowest BCUT2D eigenvalue weighted by Crippen LogP contribution is -2.02. The van der Waals surface area contributed by atoms with Crippen LogP contribution in [0.25, 0.3) is 0 Å². The molecule has 0 saturated heterocycles. The van der Waals surface area contributed by atoms with Crippen molar-refractivity contribution in [3.05, 3.63) is 64.1 Å². The minimum absolute atomic E-state index is 0.181. The highest BCUT2D eigenvalue weighted by Gasteiger charge is 2.07. The summed E-state index contributed by atoms with van der Waals surface area (Å²) in [5, 5.41) is 0. The van der Waals surface area contributed by atoms with E-state index in [1.807, 2.05) is 42.5 Å². The summed E-state index contributed by atoms with van der Waals surface area (Å²) in [6, 6.07) is 15.9. The van der Waals surface area contributed by atoms with Gasteiger partial charge in [0, 0.05) is 14.9 Å². The number of thioether (sulfide) groups is 1. The van der Waals surface area contributed by atoms with Crippen LogP contribution < -0.4 is 0 Å². The van der Waals surface area contributed by atoms with E-state index in [1.165, 1.54) is 5.56 Å². The smallest absolute Gasteiger partial charge is 0.173 e. The molecule has 0 saturated carbocycles. The third-order valence-corrected chi connectivity index (χ3v) is 4.31. The van der Waals surface area contributed by atoms with Crippen LogP contribution in [0.4, 0.5) is 0 Å². The fourth-order valence-electron chi connectivity index (χ4n) is 1.75. The Morgan fingerprint density at radius 2 is 1.95 bits per heavy atom. The topological polar surface area (TPSA) is 17.1 Å². The van der Waals surface area contributed by atoms with Crippen molar-refractivity contribution in [2.45, 2.75) is 18.2 Å². The Balaban J connectivity index is 2.01. The van der Waals surface area contributed by atoms with E-state index in [-0.39, 0.29) is 5.78 Å². The predicted molar refractivity (Wildman–Crippen MR) is 85.0 cm³/mol. The van der Waals surface area contributed by atoms with E-state index in [9.17, 15) is 4.79 Å². The first-order valence-corrected chi connectivity index (χ1v) is 7.97. The van der Waals surface area contributed by atoms with E-state index in [4.69, 9.17) is 0 Å². The van der Waals surface area contributed by atoms with E-state index in [1.54, 1.807) is 11.8 Å². The Labute approximate surface area is 126 Å². The third-order valence-electron chi connectivity index (χ3n) is 2.82. The van der Waals surface area contributed by atoms with Crippen molar-refractivity contribution < 1.29 is 4.79 Å². The van der Waals surface area contributed by atoms with Gasteiger partial charge in [0.1, 0.15) is 0 Å². The lowest BCUT2D eigenvalue weighted by Gasteiger charge is -2.04. The maximum absolute atomic E-state index is 12.1. The Morgan fingerprint density at radius 1 is 1.16 bits per heavy atom. The van der Waals surface area contributed by atoms with Crippen LogP contribution in [0.1, 0.15) is 22.8 Å². The van der Waals surface area contributed by atoms with Gasteiger partial charge < -0.3 is 0 Å². The van der Waals surface area contributed by atoms with Crippen LogP contribution in [0.3, 0.4) is 0 Å². The van der Waals surface area contributed by atoms with E-state index >= 15 is 0 Å². The number of Topliss-reactive ketones (excluding diaryl/α,β-unsaturated/α-hetero) is 1. The van der Waals surface area contributed by atoms with Gasteiger partial charge in [0.05, 0.1) is 5.75 Å². The largest absolute Gasteiger partial charge is 0.293 e. The van der Waals surface area contributed by atoms with Crippen molar-refractivity contribution in [2.24, 2.45) is 0 Å². The van der Waals surface area contributed by atoms with Crippen molar-refractivity contribution >= 4 is 33.5 Å². The molecule has 0 aliphatic heterocycles. The number of carbonyl (C=O) groups is 1. The molecule has 0 aliphatic rings. The second-order valence-electron chi connectivity index (χ2n) is 4.22. The molecule has 0 spiro atoms. The Hall–Kier alpha value is -1.06. The summed E-state index contributed by atoms with van der Waals surface area (Å²) in [6.07, 6.45) is 0.958. The van der Waals surface area contributed by atoms with E-state index in [0.29, 0.717) is 5.75 Å². The van der Waals surface area contributed by atoms with Crippen LogP contribution in [-0.4, -0.2) is 11.5 Å². The molecule has 0 radical (unpaired) electrons. The van der Waals surface area contributed by atoms with Gasteiger partial charge in [-0.15, -0.1) is 11.8 Å². The maximum Gasteiger partial charge on any atom is 0.173 e. The quantitative estimate of drug-likeness (QED) is 0.566. The number of hydrogen-bond donors (Lipinski definition) is 0. The molecule has 0 fully saturated rings. The van der Waals surface area contributed by atoms with Crippen molar-refractivity contribution in [3.63, 3.8) is 0 Å². The Morgan fingerprint density at radius 3 is 2.68 bits per heavy atom. The first-order valence-electron chi connectivity index (χ1n) is 6.19. The molecule has 2 aromatic carbocycles. The number of carbonyl (C=O) groups excluding carboxylic acids is 1. The molecule has 2 rings (SSSR count). The molecular formula is C16H15BrOS. The molecule has 0 atom stereocenters. The molecule has 0 aliphatic carbocycles. The van der Waals surface area contributed by atoms with Crippen LogP contribution in [0.2, 0.25) is 0 Å². The van der Waals surface area contributed by atoms with Crippen LogP contribution in [-0.2, 0) is 6.42 Å². The van der Waals surface area contributed by atoms with Crippen molar-refractivity contribution in [3.8, 4) is 0 Å². The molecule has 1 nitrogen and oxygen atoms in total.